The van der Waals surface area contributed by atoms with Crippen LogP contribution in [0.2, 0.25) is 0 Å². The molecule has 2 aliphatic rings. The number of rotatable bonds is 7. The molecule has 39 heavy (non-hydrogen) atoms. The van der Waals surface area contributed by atoms with Crippen molar-refractivity contribution in [2.24, 2.45) is 30.0 Å². The molecule has 1 fully saturated rings. The number of fused-ring (bicyclic) bond motifs is 1. The number of pyridine rings is 1. The minimum absolute atomic E-state index is 0.0157. The molecular weight excluding hydrogens is 522 g/mol. The number of carbonyl (C=O) groups is 1. The third-order valence-corrected chi connectivity index (χ3v) is 9.55. The summed E-state index contributed by atoms with van der Waals surface area (Å²) in [5, 5.41) is 5.25. The lowest BCUT2D eigenvalue weighted by atomic mass is 9.59. The van der Waals surface area contributed by atoms with Crippen LogP contribution in [0.15, 0.2) is 82.9 Å². The molecule has 0 radical (unpaired) electrons. The topological polar surface area (TPSA) is 120 Å². The number of hydrogen-bond acceptors (Lipinski definition) is 7. The molecule has 1 aromatic carbocycles. The van der Waals surface area contributed by atoms with Crippen molar-refractivity contribution in [2.75, 3.05) is 5.01 Å². The van der Waals surface area contributed by atoms with Crippen LogP contribution in [0.4, 0.5) is 14.5 Å². The minimum Gasteiger partial charge on any atom is -0.400 e. The highest BCUT2D eigenvalue weighted by atomic mass is 32.2. The lowest BCUT2D eigenvalue weighted by molar-refractivity contribution is 0.0749. The van der Waals surface area contributed by atoms with E-state index in [0.29, 0.717) is 41.2 Å². The minimum atomic E-state index is -1.34. The molecule has 0 amide bonds. The van der Waals surface area contributed by atoms with Crippen molar-refractivity contribution in [1.29, 1.82) is 0 Å². The van der Waals surface area contributed by atoms with Crippen molar-refractivity contribution >= 4 is 22.3 Å². The second kappa shape index (κ2) is 10.5. The fraction of sp³-hybridized carbons (Fsp3) is 0.321. The van der Waals surface area contributed by atoms with E-state index in [1.54, 1.807) is 36.3 Å². The summed E-state index contributed by atoms with van der Waals surface area (Å²) in [5.41, 5.74) is 7.74. The van der Waals surface area contributed by atoms with Crippen molar-refractivity contribution in [1.82, 2.24) is 14.8 Å². The van der Waals surface area contributed by atoms with Crippen molar-refractivity contribution in [3.8, 4) is 0 Å². The molecule has 1 saturated carbocycles. The SMILES string of the molecule is CC(C1CCC2=CC(N(N)c3ccc(F)cc3)=C(N)CC2(C(=O)c2cc(F)ccn2)C1)S(=O)c1cnn(C)c1. The molecule has 204 valence electrons. The number of hydrogen-bond donors (Lipinski definition) is 2. The van der Waals surface area contributed by atoms with Gasteiger partial charge in [-0.3, -0.25) is 23.7 Å². The van der Waals surface area contributed by atoms with Crippen LogP contribution in [-0.2, 0) is 17.8 Å². The van der Waals surface area contributed by atoms with Crippen molar-refractivity contribution in [3.05, 3.63) is 95.4 Å². The highest BCUT2D eigenvalue weighted by Crippen LogP contribution is 2.53. The molecule has 3 aromatic rings. The number of nitrogens with two attached hydrogens (primary N) is 2. The average Bonchev–Trinajstić information content (AvgIpc) is 3.37. The van der Waals surface area contributed by atoms with Gasteiger partial charge >= 0.3 is 0 Å². The van der Waals surface area contributed by atoms with E-state index in [9.17, 15) is 17.8 Å². The summed E-state index contributed by atoms with van der Waals surface area (Å²) in [4.78, 5) is 18.9. The van der Waals surface area contributed by atoms with Crippen LogP contribution in [0.25, 0.3) is 0 Å². The second-order valence-corrected chi connectivity index (χ2v) is 12.0. The zero-order chi connectivity index (χ0) is 27.9. The molecule has 0 saturated heterocycles. The molecule has 0 spiro atoms. The monoisotopic (exact) mass is 552 g/mol. The molecule has 0 aliphatic heterocycles. The summed E-state index contributed by atoms with van der Waals surface area (Å²) < 4.78 is 42.6. The van der Waals surface area contributed by atoms with E-state index in [2.05, 4.69) is 10.1 Å². The number of aromatic nitrogens is 3. The van der Waals surface area contributed by atoms with Crippen molar-refractivity contribution in [3.63, 3.8) is 0 Å². The van der Waals surface area contributed by atoms with E-state index in [1.165, 1.54) is 29.4 Å². The quantitative estimate of drug-likeness (QED) is 0.257. The standard InChI is InChI=1S/C28H30F2N6O2S/c1-17(39(38)23-15-34-35(2)16-23)18-3-4-19-11-26(36(32)22-7-5-20(29)6-8-22)24(31)14-28(19,13-18)27(37)25-12-21(30)9-10-33-25/h5-12,15-18H,3-4,13-14,31-32H2,1-2H3. The smallest absolute Gasteiger partial charge is 0.191 e. The van der Waals surface area contributed by atoms with Gasteiger partial charge in [-0.05, 0) is 61.6 Å². The number of hydrazine groups is 1. The third-order valence-electron chi connectivity index (χ3n) is 7.81. The first-order valence-corrected chi connectivity index (χ1v) is 13.9. The molecule has 11 heteroatoms. The van der Waals surface area contributed by atoms with Crippen LogP contribution in [0.3, 0.4) is 0 Å². The number of Topliss-reactive ketones (excluding diaryl/α,β-unsaturated/α-hetero) is 1. The molecule has 2 heterocycles. The number of halogens is 2. The fourth-order valence-corrected chi connectivity index (χ4v) is 7.10. The van der Waals surface area contributed by atoms with Crippen LogP contribution in [-0.4, -0.2) is 30.0 Å². The highest BCUT2D eigenvalue weighted by molar-refractivity contribution is 7.85. The summed E-state index contributed by atoms with van der Waals surface area (Å²) in [6.45, 7) is 1.92. The first kappa shape index (κ1) is 26.9. The first-order chi connectivity index (χ1) is 18.6. The zero-order valence-corrected chi connectivity index (χ0v) is 22.5. The number of aryl methyl sites for hydroxylation is 1. The van der Waals surface area contributed by atoms with Gasteiger partial charge < -0.3 is 5.73 Å². The van der Waals surface area contributed by atoms with E-state index in [1.807, 2.05) is 13.0 Å². The van der Waals surface area contributed by atoms with E-state index >= 15 is 0 Å². The highest BCUT2D eigenvalue weighted by Gasteiger charge is 2.50. The van der Waals surface area contributed by atoms with E-state index in [0.717, 1.165) is 11.6 Å². The molecule has 8 nitrogen and oxygen atoms in total. The number of ketones is 1. The Hall–Kier alpha value is -3.70. The molecule has 4 unspecified atom stereocenters. The number of carbonyl (C=O) groups excluding carboxylic acids is 1. The second-order valence-electron chi connectivity index (χ2n) is 10.2. The lowest BCUT2D eigenvalue weighted by Gasteiger charge is -2.46. The van der Waals surface area contributed by atoms with Gasteiger partial charge in [0.1, 0.15) is 17.3 Å². The molecule has 2 aromatic heterocycles. The van der Waals surface area contributed by atoms with E-state index in [4.69, 9.17) is 11.6 Å². The summed E-state index contributed by atoms with van der Waals surface area (Å²) in [5.74, 6) is 5.04. The van der Waals surface area contributed by atoms with Gasteiger partial charge in [0.05, 0.1) is 38.7 Å². The number of nitrogens with zero attached hydrogens (tertiary/aromatic N) is 4. The Labute approximate surface area is 227 Å². The summed E-state index contributed by atoms with van der Waals surface area (Å²) in [6, 6.07) is 8.03. The number of allylic oxidation sites excluding steroid dienone is 3. The fourth-order valence-electron chi connectivity index (χ4n) is 5.68. The normalized spacial score (nSPS) is 22.6. The maximum atomic E-state index is 14.1. The first-order valence-electron chi connectivity index (χ1n) is 12.6. The van der Waals surface area contributed by atoms with Gasteiger partial charge in [0.15, 0.2) is 5.78 Å². The third kappa shape index (κ3) is 5.04. The Morgan fingerprint density at radius 1 is 1.23 bits per heavy atom. The summed E-state index contributed by atoms with van der Waals surface area (Å²) in [6.07, 6.45) is 8.16. The van der Waals surface area contributed by atoms with E-state index < -0.39 is 22.0 Å². The van der Waals surface area contributed by atoms with Crippen molar-refractivity contribution < 1.29 is 17.8 Å². The molecular formula is C28H30F2N6O2S. The van der Waals surface area contributed by atoms with Crippen LogP contribution in [0, 0.1) is 23.0 Å². The zero-order valence-electron chi connectivity index (χ0n) is 21.7. The van der Waals surface area contributed by atoms with Crippen LogP contribution in [0.1, 0.15) is 43.1 Å². The molecule has 2 aliphatic carbocycles. The van der Waals surface area contributed by atoms with Gasteiger partial charge in [-0.15, -0.1) is 0 Å². The Balaban J connectivity index is 1.52. The molecule has 4 atom stereocenters. The van der Waals surface area contributed by atoms with Gasteiger partial charge in [-0.1, -0.05) is 12.5 Å². The maximum absolute atomic E-state index is 14.1. The summed E-state index contributed by atoms with van der Waals surface area (Å²) in [7, 11) is 0.430. The average molecular weight is 553 g/mol. The lowest BCUT2D eigenvalue weighted by Crippen LogP contribution is -2.46. The number of anilines is 1. The van der Waals surface area contributed by atoms with Gasteiger partial charge in [-0.2, -0.15) is 5.10 Å². The van der Waals surface area contributed by atoms with Gasteiger partial charge in [0.2, 0.25) is 0 Å². The summed E-state index contributed by atoms with van der Waals surface area (Å²) >= 11 is 0. The van der Waals surface area contributed by atoms with Crippen molar-refractivity contribution in [2.45, 2.75) is 42.8 Å². The van der Waals surface area contributed by atoms with Crippen LogP contribution >= 0.6 is 0 Å². The van der Waals surface area contributed by atoms with Crippen LogP contribution < -0.4 is 16.6 Å². The van der Waals surface area contributed by atoms with Gasteiger partial charge in [-0.25, -0.2) is 14.6 Å². The Morgan fingerprint density at radius 3 is 2.64 bits per heavy atom. The van der Waals surface area contributed by atoms with Gasteiger partial charge in [0.25, 0.3) is 0 Å². The predicted octanol–water partition coefficient (Wildman–Crippen LogP) is 4.14. The Morgan fingerprint density at radius 2 is 1.97 bits per heavy atom. The number of benzene rings is 1. The molecule has 0 bridgehead atoms. The Kier molecular flexibility index (Phi) is 7.21. The Bertz CT molecular complexity index is 1500. The van der Waals surface area contributed by atoms with E-state index in [-0.39, 0.29) is 34.9 Å². The molecule has 5 rings (SSSR count). The maximum Gasteiger partial charge on any atom is 0.191 e. The van der Waals surface area contributed by atoms with Gasteiger partial charge in [0, 0.05) is 42.9 Å². The largest absolute Gasteiger partial charge is 0.400 e. The molecule has 4 N–H and O–H groups in total. The van der Waals surface area contributed by atoms with Crippen LogP contribution in [0.5, 0.6) is 0 Å². The predicted molar refractivity (Wildman–Crippen MR) is 144 cm³/mol.